The van der Waals surface area contributed by atoms with Crippen molar-refractivity contribution in [2.75, 3.05) is 48.7 Å². The predicted molar refractivity (Wildman–Crippen MR) is 141 cm³/mol. The van der Waals surface area contributed by atoms with Crippen molar-refractivity contribution >= 4 is 35.1 Å². The summed E-state index contributed by atoms with van der Waals surface area (Å²) in [6.45, 7) is 5.01. The maximum absolute atomic E-state index is 13.1. The summed E-state index contributed by atoms with van der Waals surface area (Å²) < 4.78 is 13.1. The van der Waals surface area contributed by atoms with Crippen LogP contribution in [-0.2, 0) is 4.79 Å². The number of benzene rings is 3. The number of hydrogen-bond donors (Lipinski definition) is 1. The van der Waals surface area contributed by atoms with E-state index in [1.165, 1.54) is 12.1 Å². The highest BCUT2D eigenvalue weighted by Gasteiger charge is 2.17. The summed E-state index contributed by atoms with van der Waals surface area (Å²) in [6, 6.07) is 24.5. The molecular weight excluding hydrogens is 445 g/mol. The van der Waals surface area contributed by atoms with E-state index in [4.69, 9.17) is 0 Å². The lowest BCUT2D eigenvalue weighted by Crippen LogP contribution is -2.46. The molecule has 0 saturated carbocycles. The molecule has 176 valence electrons. The molecular formula is C28H30FN3OS. The maximum atomic E-state index is 13.1. The lowest BCUT2D eigenvalue weighted by molar-refractivity contribution is -0.111. The zero-order valence-electron chi connectivity index (χ0n) is 19.2. The van der Waals surface area contributed by atoms with Crippen LogP contribution in [0.3, 0.4) is 0 Å². The lowest BCUT2D eigenvalue weighted by atomic mass is 10.2. The molecule has 1 fully saturated rings. The summed E-state index contributed by atoms with van der Waals surface area (Å²) >= 11 is 1.78. The summed E-state index contributed by atoms with van der Waals surface area (Å²) in [5.74, 6) is 0.672. The summed E-state index contributed by atoms with van der Waals surface area (Å²) in [5.41, 5.74) is 2.94. The highest BCUT2D eigenvalue weighted by Crippen LogP contribution is 2.27. The van der Waals surface area contributed by atoms with Crippen LogP contribution in [0.5, 0.6) is 0 Å². The first-order chi connectivity index (χ1) is 16.7. The molecule has 1 aliphatic heterocycles. The molecule has 4 rings (SSSR count). The zero-order valence-corrected chi connectivity index (χ0v) is 20.0. The average Bonchev–Trinajstić information content (AvgIpc) is 2.88. The fourth-order valence-electron chi connectivity index (χ4n) is 3.96. The van der Waals surface area contributed by atoms with Gasteiger partial charge in [0.1, 0.15) is 5.82 Å². The van der Waals surface area contributed by atoms with Crippen LogP contribution in [0.1, 0.15) is 12.0 Å². The Kier molecular flexibility index (Phi) is 8.77. The van der Waals surface area contributed by atoms with Gasteiger partial charge in [-0.3, -0.25) is 9.69 Å². The second-order valence-electron chi connectivity index (χ2n) is 8.24. The van der Waals surface area contributed by atoms with Crippen molar-refractivity contribution in [3.8, 4) is 0 Å². The third-order valence-electron chi connectivity index (χ3n) is 5.81. The van der Waals surface area contributed by atoms with Gasteiger partial charge in [0.05, 0.1) is 5.69 Å². The Morgan fingerprint density at radius 1 is 0.912 bits per heavy atom. The average molecular weight is 476 g/mol. The molecule has 0 bridgehead atoms. The summed E-state index contributed by atoms with van der Waals surface area (Å²) in [6.07, 6.45) is 4.47. The van der Waals surface area contributed by atoms with Gasteiger partial charge in [-0.25, -0.2) is 4.39 Å². The molecule has 1 saturated heterocycles. The number of piperazine rings is 1. The number of amides is 1. The summed E-state index contributed by atoms with van der Waals surface area (Å²) in [4.78, 5) is 18.3. The lowest BCUT2D eigenvalue weighted by Gasteiger charge is -2.36. The number of carbonyl (C=O) groups excluding carboxylic acids is 1. The Morgan fingerprint density at radius 3 is 2.38 bits per heavy atom. The molecule has 4 nitrogen and oxygen atoms in total. The van der Waals surface area contributed by atoms with Gasteiger partial charge in [-0.1, -0.05) is 42.5 Å². The van der Waals surface area contributed by atoms with E-state index < -0.39 is 0 Å². The van der Waals surface area contributed by atoms with E-state index >= 15 is 0 Å². The second-order valence-corrected chi connectivity index (χ2v) is 9.37. The molecule has 0 aliphatic carbocycles. The van der Waals surface area contributed by atoms with E-state index in [0.717, 1.165) is 66.7 Å². The maximum Gasteiger partial charge on any atom is 0.248 e. The number of hydrogen-bond acceptors (Lipinski definition) is 4. The minimum Gasteiger partial charge on any atom is -0.369 e. The first-order valence-corrected chi connectivity index (χ1v) is 12.6. The molecule has 1 aliphatic rings. The standard InChI is InChI=1S/C28H30FN3OS/c29-24-12-14-25(15-13-24)32-20-18-31(19-21-32)17-6-22-34-27-10-5-4-9-26(27)30-28(33)16-11-23-7-2-1-3-8-23/h1-5,7-16H,6,17-22H2,(H,30,33). The summed E-state index contributed by atoms with van der Waals surface area (Å²) in [7, 11) is 0. The SMILES string of the molecule is O=C(C=Cc1ccccc1)Nc1ccccc1SCCCN1CCN(c2ccc(F)cc2)CC1. The number of anilines is 2. The molecule has 0 radical (unpaired) electrons. The molecule has 1 N–H and O–H groups in total. The van der Waals surface area contributed by atoms with Crippen LogP contribution in [0.25, 0.3) is 6.08 Å². The number of para-hydroxylation sites is 1. The van der Waals surface area contributed by atoms with E-state index in [2.05, 4.69) is 21.2 Å². The van der Waals surface area contributed by atoms with Crippen molar-refractivity contribution < 1.29 is 9.18 Å². The molecule has 0 spiro atoms. The fourth-order valence-corrected chi connectivity index (χ4v) is 4.90. The third-order valence-corrected chi connectivity index (χ3v) is 6.97. The highest BCUT2D eigenvalue weighted by atomic mass is 32.2. The number of halogens is 1. The van der Waals surface area contributed by atoms with Crippen LogP contribution in [0.15, 0.2) is 89.8 Å². The van der Waals surface area contributed by atoms with Crippen molar-refractivity contribution in [1.29, 1.82) is 0 Å². The smallest absolute Gasteiger partial charge is 0.248 e. The van der Waals surface area contributed by atoms with Gasteiger partial charge in [0, 0.05) is 42.8 Å². The van der Waals surface area contributed by atoms with Crippen molar-refractivity contribution in [2.24, 2.45) is 0 Å². The van der Waals surface area contributed by atoms with E-state index in [1.54, 1.807) is 17.8 Å². The Bertz CT molecular complexity index is 1080. The predicted octanol–water partition coefficient (Wildman–Crippen LogP) is 5.78. The van der Waals surface area contributed by atoms with Gasteiger partial charge >= 0.3 is 0 Å². The van der Waals surface area contributed by atoms with Crippen LogP contribution in [0.2, 0.25) is 0 Å². The molecule has 34 heavy (non-hydrogen) atoms. The highest BCUT2D eigenvalue weighted by molar-refractivity contribution is 7.99. The number of nitrogens with zero attached hydrogens (tertiary/aromatic N) is 2. The van der Waals surface area contributed by atoms with Gasteiger partial charge < -0.3 is 10.2 Å². The molecule has 6 heteroatoms. The minimum atomic E-state index is -0.190. The largest absolute Gasteiger partial charge is 0.369 e. The Hall–Kier alpha value is -3.09. The fraction of sp³-hybridized carbons (Fsp3) is 0.250. The number of thioether (sulfide) groups is 1. The summed E-state index contributed by atoms with van der Waals surface area (Å²) in [5, 5.41) is 3.01. The molecule has 0 unspecified atom stereocenters. The van der Waals surface area contributed by atoms with Gasteiger partial charge in [-0.05, 0) is 66.8 Å². The van der Waals surface area contributed by atoms with Gasteiger partial charge in [-0.15, -0.1) is 11.8 Å². The van der Waals surface area contributed by atoms with Crippen LogP contribution < -0.4 is 10.2 Å². The van der Waals surface area contributed by atoms with Crippen molar-refractivity contribution in [2.45, 2.75) is 11.3 Å². The van der Waals surface area contributed by atoms with E-state index in [0.29, 0.717) is 0 Å². The molecule has 0 aromatic heterocycles. The molecule has 3 aromatic carbocycles. The first-order valence-electron chi connectivity index (χ1n) is 11.7. The Balaban J connectivity index is 1.19. The third kappa shape index (κ3) is 7.20. The number of nitrogens with one attached hydrogen (secondary N) is 1. The Labute approximate surface area is 205 Å². The topological polar surface area (TPSA) is 35.6 Å². The number of rotatable bonds is 9. The first kappa shape index (κ1) is 24.0. The minimum absolute atomic E-state index is 0.129. The van der Waals surface area contributed by atoms with E-state index in [-0.39, 0.29) is 11.7 Å². The zero-order chi connectivity index (χ0) is 23.6. The van der Waals surface area contributed by atoms with Crippen molar-refractivity contribution in [3.05, 3.63) is 96.3 Å². The molecule has 1 amide bonds. The van der Waals surface area contributed by atoms with Crippen molar-refractivity contribution in [3.63, 3.8) is 0 Å². The van der Waals surface area contributed by atoms with Crippen LogP contribution in [-0.4, -0.2) is 49.3 Å². The number of carbonyl (C=O) groups is 1. The molecule has 3 aromatic rings. The van der Waals surface area contributed by atoms with Crippen molar-refractivity contribution in [1.82, 2.24) is 4.90 Å². The van der Waals surface area contributed by atoms with E-state index in [1.807, 2.05) is 66.7 Å². The van der Waals surface area contributed by atoms with Gasteiger partial charge in [0.2, 0.25) is 5.91 Å². The quantitative estimate of drug-likeness (QED) is 0.242. The van der Waals surface area contributed by atoms with Gasteiger partial charge in [-0.2, -0.15) is 0 Å². The van der Waals surface area contributed by atoms with Crippen LogP contribution in [0, 0.1) is 5.82 Å². The van der Waals surface area contributed by atoms with Crippen LogP contribution in [0.4, 0.5) is 15.8 Å². The second kappa shape index (κ2) is 12.4. The van der Waals surface area contributed by atoms with Gasteiger partial charge in [0.15, 0.2) is 0 Å². The normalized spacial score (nSPS) is 14.4. The van der Waals surface area contributed by atoms with E-state index in [9.17, 15) is 9.18 Å². The molecule has 0 atom stereocenters. The monoisotopic (exact) mass is 475 g/mol. The van der Waals surface area contributed by atoms with Gasteiger partial charge in [0.25, 0.3) is 0 Å². The Morgan fingerprint density at radius 2 is 1.62 bits per heavy atom. The van der Waals surface area contributed by atoms with Crippen LogP contribution >= 0.6 is 11.8 Å². The molecule has 1 heterocycles.